The Labute approximate surface area is 160 Å². The largest absolute Gasteiger partial charge is 0.443 e. The molecule has 0 spiro atoms. The third kappa shape index (κ3) is 4.39. The number of carbonyl (C=O) groups is 1. The molecule has 1 aromatic heterocycles. The molecule has 0 radical (unpaired) electrons. The van der Waals surface area contributed by atoms with Crippen LogP contribution in [0.2, 0.25) is 0 Å². The summed E-state index contributed by atoms with van der Waals surface area (Å²) in [5.41, 5.74) is 8.26. The van der Waals surface area contributed by atoms with Gasteiger partial charge in [-0.1, -0.05) is 24.3 Å². The zero-order valence-corrected chi connectivity index (χ0v) is 15.9. The Morgan fingerprint density at radius 3 is 2.56 bits per heavy atom. The van der Waals surface area contributed by atoms with E-state index in [0.717, 1.165) is 23.1 Å². The van der Waals surface area contributed by atoms with E-state index in [4.69, 9.17) is 15.6 Å². The number of aliphatic hydroxyl groups excluding tert-OH is 1. The molecule has 144 valence electrons. The van der Waals surface area contributed by atoms with E-state index < -0.39 is 5.60 Å². The van der Waals surface area contributed by atoms with Gasteiger partial charge in [-0.3, -0.25) is 0 Å². The lowest BCUT2D eigenvalue weighted by molar-refractivity contribution is -0.0521. The zero-order valence-electron chi connectivity index (χ0n) is 15.9. The number of cyclic esters (lactones) is 1. The van der Waals surface area contributed by atoms with Gasteiger partial charge >= 0.3 is 6.09 Å². The van der Waals surface area contributed by atoms with Crippen LogP contribution in [0.25, 0.3) is 11.1 Å². The second-order valence-electron chi connectivity index (χ2n) is 7.36. The van der Waals surface area contributed by atoms with Gasteiger partial charge in [0.2, 0.25) is 0 Å². The van der Waals surface area contributed by atoms with Crippen molar-refractivity contribution in [1.82, 2.24) is 9.88 Å². The molecule has 1 amide bonds. The third-order valence-electron chi connectivity index (χ3n) is 5.29. The molecule has 27 heavy (non-hydrogen) atoms. The molecule has 6 heteroatoms. The van der Waals surface area contributed by atoms with Crippen molar-refractivity contribution in [2.45, 2.75) is 44.8 Å². The molecule has 1 saturated heterocycles. The molecule has 0 unspecified atom stereocenters. The van der Waals surface area contributed by atoms with Crippen molar-refractivity contribution in [2.75, 3.05) is 18.9 Å². The van der Waals surface area contributed by atoms with E-state index in [1.54, 1.807) is 17.2 Å². The van der Waals surface area contributed by atoms with Gasteiger partial charge in [0.05, 0.1) is 6.04 Å². The second-order valence-corrected chi connectivity index (χ2v) is 7.36. The number of pyridine rings is 1. The van der Waals surface area contributed by atoms with Crippen LogP contribution in [-0.2, 0) is 4.74 Å². The topological polar surface area (TPSA) is 88.7 Å². The van der Waals surface area contributed by atoms with Crippen molar-refractivity contribution in [3.05, 3.63) is 48.2 Å². The summed E-state index contributed by atoms with van der Waals surface area (Å²) in [6.07, 6.45) is 3.55. The molecule has 6 nitrogen and oxygen atoms in total. The maximum atomic E-state index is 12.5. The van der Waals surface area contributed by atoms with Crippen LogP contribution in [0.3, 0.4) is 0 Å². The van der Waals surface area contributed by atoms with E-state index in [1.807, 2.05) is 44.2 Å². The summed E-state index contributed by atoms with van der Waals surface area (Å²) in [6.45, 7) is 4.71. The Morgan fingerprint density at radius 1 is 1.26 bits per heavy atom. The van der Waals surface area contributed by atoms with E-state index in [2.05, 4.69) is 4.98 Å². The molecular weight excluding hydrogens is 342 g/mol. The van der Waals surface area contributed by atoms with E-state index in [0.29, 0.717) is 25.2 Å². The molecule has 1 aromatic carbocycles. The van der Waals surface area contributed by atoms with Gasteiger partial charge < -0.3 is 20.5 Å². The highest BCUT2D eigenvalue weighted by atomic mass is 16.6. The number of ether oxygens (including phenoxy) is 1. The highest BCUT2D eigenvalue weighted by Crippen LogP contribution is 2.33. The standard InChI is InChI=1S/C21H27N3O3/c1-15(24-12-11-21(2,10-3-13-25)27-20(24)26)16-4-6-17(7-5-16)18-8-9-19(22)23-14-18/h4-9,14-15,25H,3,10-13H2,1-2H3,(H2,22,23)/t15-,21+/m0/s1. The Kier molecular flexibility index (Phi) is 5.65. The molecule has 2 atom stereocenters. The number of hydrogen-bond donors (Lipinski definition) is 2. The van der Waals surface area contributed by atoms with E-state index >= 15 is 0 Å². The summed E-state index contributed by atoms with van der Waals surface area (Å²) in [5.74, 6) is 0.499. The van der Waals surface area contributed by atoms with Crippen LogP contribution in [0.1, 0.15) is 44.7 Å². The van der Waals surface area contributed by atoms with Gasteiger partial charge in [0.15, 0.2) is 0 Å². The molecule has 3 rings (SSSR count). The highest BCUT2D eigenvalue weighted by Gasteiger charge is 2.38. The highest BCUT2D eigenvalue weighted by molar-refractivity contribution is 5.70. The maximum absolute atomic E-state index is 12.5. The molecule has 0 bridgehead atoms. The molecule has 0 aliphatic carbocycles. The first kappa shape index (κ1) is 19.2. The number of hydrogen-bond acceptors (Lipinski definition) is 5. The maximum Gasteiger partial charge on any atom is 0.410 e. The first-order valence-electron chi connectivity index (χ1n) is 9.34. The third-order valence-corrected chi connectivity index (χ3v) is 5.29. The monoisotopic (exact) mass is 369 g/mol. The molecule has 0 saturated carbocycles. The van der Waals surface area contributed by atoms with E-state index in [-0.39, 0.29) is 18.7 Å². The second kappa shape index (κ2) is 7.96. The van der Waals surface area contributed by atoms with Crippen LogP contribution in [0, 0.1) is 0 Å². The number of carbonyl (C=O) groups excluding carboxylic acids is 1. The number of benzene rings is 1. The summed E-state index contributed by atoms with van der Waals surface area (Å²) in [7, 11) is 0. The van der Waals surface area contributed by atoms with Gasteiger partial charge in [-0.05, 0) is 49.9 Å². The summed E-state index contributed by atoms with van der Waals surface area (Å²) in [5, 5.41) is 9.02. The molecule has 1 aliphatic heterocycles. The van der Waals surface area contributed by atoms with Crippen molar-refractivity contribution in [3.8, 4) is 11.1 Å². The van der Waals surface area contributed by atoms with E-state index in [1.165, 1.54) is 0 Å². The predicted octanol–water partition coefficient (Wildman–Crippen LogP) is 3.77. The van der Waals surface area contributed by atoms with E-state index in [9.17, 15) is 4.79 Å². The van der Waals surface area contributed by atoms with Gasteiger partial charge in [-0.2, -0.15) is 0 Å². The summed E-state index contributed by atoms with van der Waals surface area (Å²) in [4.78, 5) is 18.4. The van der Waals surface area contributed by atoms with Crippen LogP contribution in [-0.4, -0.2) is 39.8 Å². The summed E-state index contributed by atoms with van der Waals surface area (Å²) >= 11 is 0. The fourth-order valence-electron chi connectivity index (χ4n) is 3.46. The lowest BCUT2D eigenvalue weighted by atomic mass is 9.93. The van der Waals surface area contributed by atoms with Gasteiger partial charge in [0, 0.05) is 31.3 Å². The van der Waals surface area contributed by atoms with Crippen LogP contribution in [0.15, 0.2) is 42.6 Å². The van der Waals surface area contributed by atoms with Crippen LogP contribution >= 0.6 is 0 Å². The number of aliphatic hydroxyl groups is 1. The quantitative estimate of drug-likeness (QED) is 0.809. The Balaban J connectivity index is 1.68. The number of nitrogens with zero attached hydrogens (tertiary/aromatic N) is 2. The molecule has 1 aliphatic rings. The van der Waals surface area contributed by atoms with Crippen molar-refractivity contribution in [1.29, 1.82) is 0 Å². The molecule has 2 aromatic rings. The van der Waals surface area contributed by atoms with Crippen molar-refractivity contribution in [3.63, 3.8) is 0 Å². The lowest BCUT2D eigenvalue weighted by Gasteiger charge is -2.41. The summed E-state index contributed by atoms with van der Waals surface area (Å²) in [6, 6.07) is 11.8. The smallest absolute Gasteiger partial charge is 0.410 e. The number of nitrogen functional groups attached to an aromatic ring is 1. The Bertz CT molecular complexity index is 776. The van der Waals surface area contributed by atoms with Gasteiger partial charge in [0.1, 0.15) is 11.4 Å². The fraction of sp³-hybridized carbons (Fsp3) is 0.429. The molecule has 1 fully saturated rings. The normalized spacial score (nSPS) is 21.0. The van der Waals surface area contributed by atoms with Gasteiger partial charge in [-0.15, -0.1) is 0 Å². The Morgan fingerprint density at radius 2 is 1.96 bits per heavy atom. The first-order chi connectivity index (χ1) is 12.9. The van der Waals surface area contributed by atoms with Crippen LogP contribution in [0.4, 0.5) is 10.6 Å². The van der Waals surface area contributed by atoms with Crippen molar-refractivity contribution < 1.29 is 14.6 Å². The minimum atomic E-state index is -0.484. The van der Waals surface area contributed by atoms with Crippen LogP contribution in [0.5, 0.6) is 0 Å². The molecule has 2 heterocycles. The van der Waals surface area contributed by atoms with Crippen molar-refractivity contribution >= 4 is 11.9 Å². The zero-order chi connectivity index (χ0) is 19.4. The minimum absolute atomic E-state index is 0.0708. The number of nitrogens with two attached hydrogens (primary N) is 1. The number of aromatic nitrogens is 1. The van der Waals surface area contributed by atoms with Crippen molar-refractivity contribution in [2.24, 2.45) is 0 Å². The average molecular weight is 369 g/mol. The van der Waals surface area contributed by atoms with Crippen LogP contribution < -0.4 is 5.73 Å². The molecule has 3 N–H and O–H groups in total. The predicted molar refractivity (Wildman–Crippen MR) is 105 cm³/mol. The van der Waals surface area contributed by atoms with Gasteiger partial charge in [0.25, 0.3) is 0 Å². The summed E-state index contributed by atoms with van der Waals surface area (Å²) < 4.78 is 5.69. The SMILES string of the molecule is C[C@@H](c1ccc(-c2ccc(N)nc2)cc1)N1CC[C@@](C)(CCCO)OC1=O. The van der Waals surface area contributed by atoms with Gasteiger partial charge in [-0.25, -0.2) is 9.78 Å². The fourth-order valence-corrected chi connectivity index (χ4v) is 3.46. The average Bonchev–Trinajstić information content (AvgIpc) is 2.67. The number of rotatable bonds is 6. The number of anilines is 1. The first-order valence-corrected chi connectivity index (χ1v) is 9.34. The minimum Gasteiger partial charge on any atom is -0.443 e. The Hall–Kier alpha value is -2.60. The number of amides is 1. The lowest BCUT2D eigenvalue weighted by Crippen LogP contribution is -2.48. The molecular formula is C21H27N3O3.